The van der Waals surface area contributed by atoms with Crippen LogP contribution in [0.15, 0.2) is 43.0 Å². The summed E-state index contributed by atoms with van der Waals surface area (Å²) < 4.78 is 41.3. The maximum Gasteiger partial charge on any atom is 0.433 e. The van der Waals surface area contributed by atoms with Gasteiger partial charge >= 0.3 is 6.18 Å². The maximum atomic E-state index is 12.7. The topological polar surface area (TPSA) is 93.8 Å². The van der Waals surface area contributed by atoms with Crippen molar-refractivity contribution in [1.82, 2.24) is 29.3 Å². The maximum absolute atomic E-state index is 12.7. The number of alkyl halides is 3. The third-order valence-electron chi connectivity index (χ3n) is 5.85. The monoisotopic (exact) mass is 470 g/mol. The fourth-order valence-corrected chi connectivity index (χ4v) is 3.89. The van der Waals surface area contributed by atoms with E-state index in [-0.39, 0.29) is 11.9 Å². The smallest absolute Gasteiger partial charge is 0.355 e. The number of pyridine rings is 1. The molecule has 0 aliphatic carbocycles. The van der Waals surface area contributed by atoms with Gasteiger partial charge in [-0.3, -0.25) is 19.0 Å². The minimum atomic E-state index is -4.46. The molecule has 0 aromatic carbocycles. The van der Waals surface area contributed by atoms with Gasteiger partial charge in [-0.25, -0.2) is 4.98 Å². The standard InChI is InChI=1S/C22H21F3N8O/c1-13-7-18(34)33-6-5-16-19(33)20(31(13)2)30-21(29-16)27-9-15-10-28-32(12-15)11-14-3-4-17(26-8-14)22(23,24)25/h3-6,8,10,12-13H,7,9,11H2,1-2H3,(H,27,29,30). The predicted octanol–water partition coefficient (Wildman–Crippen LogP) is 3.57. The Morgan fingerprint density at radius 1 is 1.15 bits per heavy atom. The first kappa shape index (κ1) is 21.9. The molecule has 5 heterocycles. The minimum absolute atomic E-state index is 0.00345. The van der Waals surface area contributed by atoms with E-state index < -0.39 is 11.9 Å². The van der Waals surface area contributed by atoms with Crippen molar-refractivity contribution in [2.24, 2.45) is 0 Å². The number of carbonyl (C=O) groups excluding carboxylic acids is 1. The lowest BCUT2D eigenvalue weighted by molar-refractivity contribution is -0.141. The van der Waals surface area contributed by atoms with E-state index in [1.807, 2.05) is 18.9 Å². The van der Waals surface area contributed by atoms with Gasteiger partial charge in [0, 0.05) is 50.2 Å². The summed E-state index contributed by atoms with van der Waals surface area (Å²) in [6.45, 7) is 2.67. The normalized spacial score (nSPS) is 16.2. The largest absolute Gasteiger partial charge is 0.433 e. The SMILES string of the molecule is CC1CC(=O)n2ccc3nc(NCc4cnn(Cc5ccc(C(F)(F)F)nc5)c4)nc(c32)N1C. The van der Waals surface area contributed by atoms with Crippen molar-refractivity contribution in [3.63, 3.8) is 0 Å². The fraction of sp³-hybridized carbons (Fsp3) is 0.318. The number of hydrogen-bond acceptors (Lipinski definition) is 7. The summed E-state index contributed by atoms with van der Waals surface area (Å²) in [5, 5.41) is 7.47. The number of carbonyl (C=O) groups is 1. The number of halogens is 3. The Balaban J connectivity index is 1.30. The number of nitrogens with zero attached hydrogens (tertiary/aromatic N) is 7. The van der Waals surface area contributed by atoms with Crippen molar-refractivity contribution in [3.05, 3.63) is 59.8 Å². The molecule has 1 atom stereocenters. The second-order valence-corrected chi connectivity index (χ2v) is 8.30. The molecule has 34 heavy (non-hydrogen) atoms. The number of anilines is 2. The summed E-state index contributed by atoms with van der Waals surface area (Å²) in [6, 6.07) is 4.14. The van der Waals surface area contributed by atoms with E-state index in [0.717, 1.165) is 11.6 Å². The highest BCUT2D eigenvalue weighted by molar-refractivity contribution is 5.98. The van der Waals surface area contributed by atoms with Gasteiger partial charge in [0.15, 0.2) is 5.82 Å². The van der Waals surface area contributed by atoms with Crippen LogP contribution >= 0.6 is 0 Å². The molecule has 0 spiro atoms. The van der Waals surface area contributed by atoms with Crippen LogP contribution in [0.4, 0.5) is 24.9 Å². The van der Waals surface area contributed by atoms with Crippen LogP contribution in [0.5, 0.6) is 0 Å². The molecule has 0 fully saturated rings. The molecule has 1 aliphatic heterocycles. The molecule has 4 aromatic rings. The van der Waals surface area contributed by atoms with Crippen LogP contribution < -0.4 is 10.2 Å². The molecule has 176 valence electrons. The first-order chi connectivity index (χ1) is 16.2. The summed E-state index contributed by atoms with van der Waals surface area (Å²) in [5.41, 5.74) is 1.90. The Morgan fingerprint density at radius 2 is 1.97 bits per heavy atom. The average molecular weight is 470 g/mol. The third kappa shape index (κ3) is 4.06. The lowest BCUT2D eigenvalue weighted by Gasteiger charge is -2.23. The number of aromatic nitrogens is 6. The highest BCUT2D eigenvalue weighted by Gasteiger charge is 2.32. The molecule has 12 heteroatoms. The van der Waals surface area contributed by atoms with Crippen LogP contribution in [0.25, 0.3) is 11.0 Å². The van der Waals surface area contributed by atoms with Crippen LogP contribution in [0.2, 0.25) is 0 Å². The molecule has 1 N–H and O–H groups in total. The lowest BCUT2D eigenvalue weighted by Crippen LogP contribution is -2.30. The van der Waals surface area contributed by atoms with E-state index in [0.29, 0.717) is 47.9 Å². The second kappa shape index (κ2) is 8.12. The first-order valence-corrected chi connectivity index (χ1v) is 10.6. The number of rotatable bonds is 5. The van der Waals surface area contributed by atoms with E-state index in [4.69, 9.17) is 0 Å². The first-order valence-electron chi connectivity index (χ1n) is 10.6. The summed E-state index contributed by atoms with van der Waals surface area (Å²) in [6.07, 6.45) is 2.31. The van der Waals surface area contributed by atoms with Gasteiger partial charge < -0.3 is 10.2 Å². The zero-order valence-electron chi connectivity index (χ0n) is 18.4. The van der Waals surface area contributed by atoms with Gasteiger partial charge in [0.25, 0.3) is 0 Å². The Hall–Kier alpha value is -3.96. The second-order valence-electron chi connectivity index (χ2n) is 8.30. The summed E-state index contributed by atoms with van der Waals surface area (Å²) >= 11 is 0. The Bertz CT molecular complexity index is 1360. The van der Waals surface area contributed by atoms with Crippen LogP contribution in [0, 0.1) is 0 Å². The molecule has 5 rings (SSSR count). The molecule has 0 bridgehead atoms. The molecule has 9 nitrogen and oxygen atoms in total. The van der Waals surface area contributed by atoms with Crippen LogP contribution in [0.1, 0.15) is 35.0 Å². The fourth-order valence-electron chi connectivity index (χ4n) is 3.89. The third-order valence-corrected chi connectivity index (χ3v) is 5.85. The van der Waals surface area contributed by atoms with E-state index in [1.54, 1.807) is 33.9 Å². The molecule has 1 aliphatic rings. The van der Waals surface area contributed by atoms with E-state index >= 15 is 0 Å². The van der Waals surface area contributed by atoms with E-state index in [9.17, 15) is 18.0 Å². The zero-order chi connectivity index (χ0) is 24.0. The Labute approximate surface area is 192 Å². The van der Waals surface area contributed by atoms with Crippen molar-refractivity contribution >= 4 is 28.7 Å². The molecule has 0 saturated carbocycles. The van der Waals surface area contributed by atoms with Crippen molar-refractivity contribution in [2.75, 3.05) is 17.3 Å². The van der Waals surface area contributed by atoms with Gasteiger partial charge in [-0.05, 0) is 24.6 Å². The molecular weight excluding hydrogens is 449 g/mol. The van der Waals surface area contributed by atoms with Crippen molar-refractivity contribution in [2.45, 2.75) is 38.7 Å². The van der Waals surface area contributed by atoms with Crippen molar-refractivity contribution in [1.29, 1.82) is 0 Å². The Morgan fingerprint density at radius 3 is 2.71 bits per heavy atom. The van der Waals surface area contributed by atoms with Gasteiger partial charge in [0.05, 0.1) is 18.3 Å². The number of nitrogens with one attached hydrogen (secondary N) is 1. The average Bonchev–Trinajstić information content (AvgIpc) is 3.41. The Kier molecular flexibility index (Phi) is 5.22. The van der Waals surface area contributed by atoms with E-state index in [1.165, 1.54) is 12.3 Å². The molecule has 0 saturated heterocycles. The van der Waals surface area contributed by atoms with Crippen LogP contribution in [0.3, 0.4) is 0 Å². The highest BCUT2D eigenvalue weighted by atomic mass is 19.4. The van der Waals surface area contributed by atoms with Gasteiger partial charge in [0.2, 0.25) is 11.9 Å². The lowest BCUT2D eigenvalue weighted by atomic mass is 10.2. The van der Waals surface area contributed by atoms with Gasteiger partial charge in [0.1, 0.15) is 11.2 Å². The summed E-state index contributed by atoms with van der Waals surface area (Å²) in [7, 11) is 1.91. The molecule has 0 amide bonds. The summed E-state index contributed by atoms with van der Waals surface area (Å²) in [4.78, 5) is 27.2. The van der Waals surface area contributed by atoms with E-state index in [2.05, 4.69) is 25.4 Å². The molecular formula is C22H21F3N8O. The highest BCUT2D eigenvalue weighted by Crippen LogP contribution is 2.31. The van der Waals surface area contributed by atoms with Gasteiger partial charge in [-0.2, -0.15) is 23.3 Å². The van der Waals surface area contributed by atoms with Crippen molar-refractivity contribution < 1.29 is 18.0 Å². The van der Waals surface area contributed by atoms with Gasteiger partial charge in [-0.15, -0.1) is 0 Å². The van der Waals surface area contributed by atoms with Crippen molar-refractivity contribution in [3.8, 4) is 0 Å². The quantitative estimate of drug-likeness (QED) is 0.477. The number of hydrogen-bond donors (Lipinski definition) is 1. The predicted molar refractivity (Wildman–Crippen MR) is 119 cm³/mol. The molecule has 1 unspecified atom stereocenters. The molecule has 4 aromatic heterocycles. The van der Waals surface area contributed by atoms with Crippen LogP contribution in [-0.2, 0) is 19.3 Å². The minimum Gasteiger partial charge on any atom is -0.355 e. The summed E-state index contributed by atoms with van der Waals surface area (Å²) in [5.74, 6) is 1.11. The zero-order valence-corrected chi connectivity index (χ0v) is 18.4. The van der Waals surface area contributed by atoms with Gasteiger partial charge in [-0.1, -0.05) is 6.07 Å². The molecule has 0 radical (unpaired) electrons. The van der Waals surface area contributed by atoms with Crippen LogP contribution in [-0.4, -0.2) is 48.3 Å².